The first-order chi connectivity index (χ1) is 8.88. The lowest BCUT2D eigenvalue weighted by Crippen LogP contribution is -2.12. The average molecular weight is 337 g/mol. The average Bonchev–Trinajstić information content (AvgIpc) is 2.80. The molecule has 5 nitrogen and oxygen atoms in total. The van der Waals surface area contributed by atoms with Crippen molar-refractivity contribution in [2.75, 3.05) is 5.32 Å². The van der Waals surface area contributed by atoms with Gasteiger partial charge in [0.1, 0.15) is 10.6 Å². The molecule has 1 heterocycles. The summed E-state index contributed by atoms with van der Waals surface area (Å²) in [5, 5.41) is 4.07. The fourth-order valence-electron chi connectivity index (χ4n) is 1.30. The number of amides is 1. The Morgan fingerprint density at radius 2 is 2.11 bits per heavy atom. The molecule has 0 aliphatic carbocycles. The molecular formula is C10H6Cl2N2O3S2. The van der Waals surface area contributed by atoms with Crippen LogP contribution in [0.25, 0.3) is 0 Å². The van der Waals surface area contributed by atoms with E-state index in [0.29, 0.717) is 5.69 Å². The van der Waals surface area contributed by atoms with Crippen molar-refractivity contribution in [2.24, 2.45) is 0 Å². The number of aromatic nitrogens is 1. The third kappa shape index (κ3) is 3.44. The Morgan fingerprint density at radius 1 is 1.37 bits per heavy atom. The molecule has 9 heteroatoms. The van der Waals surface area contributed by atoms with Crippen molar-refractivity contribution in [3.05, 3.63) is 39.8 Å². The Kier molecular flexibility index (Phi) is 4.10. The molecule has 2 rings (SSSR count). The van der Waals surface area contributed by atoms with Gasteiger partial charge >= 0.3 is 0 Å². The standard InChI is InChI=1S/C10H6Cl2N2O3S2/c11-7-3-6(1-2-9(7)19(12,16)17)14-10(15)8-4-18-5-13-8/h1-5H,(H,14,15). The van der Waals surface area contributed by atoms with Gasteiger partial charge in [0.05, 0.1) is 10.5 Å². The molecule has 0 radical (unpaired) electrons. The van der Waals surface area contributed by atoms with E-state index >= 15 is 0 Å². The smallest absolute Gasteiger partial charge is 0.275 e. The number of carbonyl (C=O) groups excluding carboxylic acids is 1. The van der Waals surface area contributed by atoms with Crippen molar-refractivity contribution in [1.82, 2.24) is 4.98 Å². The Labute approximate surface area is 122 Å². The van der Waals surface area contributed by atoms with Crippen LogP contribution in [-0.2, 0) is 9.05 Å². The molecule has 0 spiro atoms. The van der Waals surface area contributed by atoms with Crippen molar-refractivity contribution in [2.45, 2.75) is 4.90 Å². The van der Waals surface area contributed by atoms with E-state index in [1.165, 1.54) is 35.0 Å². The van der Waals surface area contributed by atoms with Gasteiger partial charge < -0.3 is 5.32 Å². The largest absolute Gasteiger partial charge is 0.321 e. The Balaban J connectivity index is 2.24. The predicted octanol–water partition coefficient (Wildman–Crippen LogP) is 2.98. The summed E-state index contributed by atoms with van der Waals surface area (Å²) in [6, 6.07) is 3.92. The van der Waals surface area contributed by atoms with Crippen LogP contribution in [0.2, 0.25) is 5.02 Å². The van der Waals surface area contributed by atoms with Gasteiger partial charge in [-0.3, -0.25) is 4.79 Å². The lowest BCUT2D eigenvalue weighted by molar-refractivity contribution is 0.102. The lowest BCUT2D eigenvalue weighted by atomic mass is 10.3. The van der Waals surface area contributed by atoms with E-state index in [2.05, 4.69) is 10.3 Å². The molecule has 19 heavy (non-hydrogen) atoms. The summed E-state index contributed by atoms with van der Waals surface area (Å²) in [4.78, 5) is 15.4. The summed E-state index contributed by atoms with van der Waals surface area (Å²) in [5.41, 5.74) is 2.16. The SMILES string of the molecule is O=C(Nc1ccc(S(=O)(=O)Cl)c(Cl)c1)c1cscn1. The maximum atomic E-state index is 11.7. The zero-order valence-electron chi connectivity index (χ0n) is 9.13. The van der Waals surface area contributed by atoms with E-state index in [1.807, 2.05) is 0 Å². The normalized spacial score (nSPS) is 11.3. The second kappa shape index (κ2) is 5.46. The quantitative estimate of drug-likeness (QED) is 0.874. The van der Waals surface area contributed by atoms with Crippen molar-refractivity contribution in [3.8, 4) is 0 Å². The molecule has 1 aromatic heterocycles. The van der Waals surface area contributed by atoms with E-state index in [9.17, 15) is 13.2 Å². The summed E-state index contributed by atoms with van der Waals surface area (Å²) >= 11 is 7.09. The first kappa shape index (κ1) is 14.3. The molecule has 0 saturated carbocycles. The highest BCUT2D eigenvalue weighted by Crippen LogP contribution is 2.27. The van der Waals surface area contributed by atoms with E-state index in [0.717, 1.165) is 0 Å². The van der Waals surface area contributed by atoms with E-state index in [1.54, 1.807) is 5.38 Å². The molecule has 1 N–H and O–H groups in total. The third-order valence-corrected chi connectivity index (χ3v) is 4.51. The number of halogens is 2. The number of rotatable bonds is 3. The van der Waals surface area contributed by atoms with Gasteiger partial charge in [-0.05, 0) is 18.2 Å². The van der Waals surface area contributed by atoms with Gasteiger partial charge in [-0.2, -0.15) is 0 Å². The number of nitrogens with one attached hydrogen (secondary N) is 1. The fraction of sp³-hybridized carbons (Fsp3) is 0. The van der Waals surface area contributed by atoms with Gasteiger partial charge in [0.2, 0.25) is 0 Å². The van der Waals surface area contributed by atoms with Crippen molar-refractivity contribution in [1.29, 1.82) is 0 Å². The number of benzene rings is 1. The highest BCUT2D eigenvalue weighted by atomic mass is 35.7. The highest BCUT2D eigenvalue weighted by Gasteiger charge is 2.16. The molecule has 0 saturated heterocycles. The molecular weight excluding hydrogens is 331 g/mol. The molecule has 0 aliphatic rings. The maximum absolute atomic E-state index is 11.7. The number of nitrogens with zero attached hydrogens (tertiary/aromatic N) is 1. The van der Waals surface area contributed by atoms with Crippen molar-refractivity contribution < 1.29 is 13.2 Å². The zero-order valence-corrected chi connectivity index (χ0v) is 12.3. The Hall–Kier alpha value is -1.15. The van der Waals surface area contributed by atoms with Gasteiger partial charge in [-0.25, -0.2) is 13.4 Å². The maximum Gasteiger partial charge on any atom is 0.275 e. The molecule has 0 aliphatic heterocycles. The minimum absolute atomic E-state index is 0.0638. The summed E-state index contributed by atoms with van der Waals surface area (Å²) in [6.07, 6.45) is 0. The first-order valence-corrected chi connectivity index (χ1v) is 8.44. The fourth-order valence-corrected chi connectivity index (χ4v) is 3.36. The van der Waals surface area contributed by atoms with Crippen LogP contribution >= 0.6 is 33.6 Å². The van der Waals surface area contributed by atoms with Crippen molar-refractivity contribution in [3.63, 3.8) is 0 Å². The topological polar surface area (TPSA) is 76.1 Å². The van der Waals surface area contributed by atoms with Gasteiger partial charge in [-0.1, -0.05) is 11.6 Å². The van der Waals surface area contributed by atoms with Crippen LogP contribution in [0.1, 0.15) is 10.5 Å². The lowest BCUT2D eigenvalue weighted by Gasteiger charge is -2.05. The number of carbonyl (C=O) groups is 1. The molecule has 0 unspecified atom stereocenters. The Bertz CT molecular complexity index is 714. The number of hydrogen-bond acceptors (Lipinski definition) is 5. The van der Waals surface area contributed by atoms with Crippen LogP contribution in [0.4, 0.5) is 5.69 Å². The van der Waals surface area contributed by atoms with Crippen LogP contribution in [0.3, 0.4) is 0 Å². The van der Waals surface area contributed by atoms with E-state index in [4.69, 9.17) is 22.3 Å². The predicted molar refractivity (Wildman–Crippen MR) is 74.6 cm³/mol. The number of thiazole rings is 1. The van der Waals surface area contributed by atoms with Crippen LogP contribution in [-0.4, -0.2) is 19.3 Å². The number of hydrogen-bond donors (Lipinski definition) is 1. The molecule has 2 aromatic rings. The van der Waals surface area contributed by atoms with Gasteiger partial charge in [-0.15, -0.1) is 11.3 Å². The minimum atomic E-state index is -3.91. The van der Waals surface area contributed by atoms with Crippen LogP contribution in [0.5, 0.6) is 0 Å². The highest BCUT2D eigenvalue weighted by molar-refractivity contribution is 8.13. The molecule has 0 atom stereocenters. The molecule has 1 amide bonds. The van der Waals surface area contributed by atoms with Crippen LogP contribution in [0, 0.1) is 0 Å². The number of anilines is 1. The van der Waals surface area contributed by atoms with Crippen LogP contribution in [0.15, 0.2) is 34.0 Å². The summed E-state index contributed by atoms with van der Waals surface area (Å²) < 4.78 is 22.3. The zero-order chi connectivity index (χ0) is 14.0. The summed E-state index contributed by atoms with van der Waals surface area (Å²) in [5.74, 6) is -0.404. The van der Waals surface area contributed by atoms with E-state index < -0.39 is 15.0 Å². The summed E-state index contributed by atoms with van der Waals surface area (Å²) in [7, 11) is 1.29. The Morgan fingerprint density at radius 3 is 2.63 bits per heavy atom. The first-order valence-electron chi connectivity index (χ1n) is 4.81. The van der Waals surface area contributed by atoms with Gasteiger partial charge in [0.25, 0.3) is 15.0 Å². The minimum Gasteiger partial charge on any atom is -0.321 e. The third-order valence-electron chi connectivity index (χ3n) is 2.12. The van der Waals surface area contributed by atoms with Crippen molar-refractivity contribution >= 4 is 54.3 Å². The van der Waals surface area contributed by atoms with Gasteiger partial charge in [0.15, 0.2) is 0 Å². The molecule has 100 valence electrons. The van der Waals surface area contributed by atoms with E-state index in [-0.39, 0.29) is 15.6 Å². The second-order valence-electron chi connectivity index (χ2n) is 3.41. The molecule has 1 aromatic carbocycles. The summed E-state index contributed by atoms with van der Waals surface area (Å²) in [6.45, 7) is 0. The molecule has 0 bridgehead atoms. The van der Waals surface area contributed by atoms with Crippen LogP contribution < -0.4 is 5.32 Å². The van der Waals surface area contributed by atoms with Gasteiger partial charge in [0, 0.05) is 21.7 Å². The second-order valence-corrected chi connectivity index (χ2v) is 7.07. The monoisotopic (exact) mass is 336 g/mol. The molecule has 0 fully saturated rings.